The van der Waals surface area contributed by atoms with Crippen molar-refractivity contribution in [1.29, 1.82) is 0 Å². The number of piperazine rings is 2. The van der Waals surface area contributed by atoms with E-state index in [1.165, 1.54) is 20.7 Å². The molecule has 9 nitrogen and oxygen atoms in total. The van der Waals surface area contributed by atoms with E-state index >= 15 is 0 Å². The Hall–Kier alpha value is -1.60. The zero-order chi connectivity index (χ0) is 21.9. The van der Waals surface area contributed by atoms with Crippen molar-refractivity contribution in [3.63, 3.8) is 0 Å². The molecule has 3 rings (SSSR count). The maximum atomic E-state index is 13.1. The highest BCUT2D eigenvalue weighted by Gasteiger charge is 2.31. The second-order valence-corrected chi connectivity index (χ2v) is 11.5. The van der Waals surface area contributed by atoms with Gasteiger partial charge in [-0.05, 0) is 31.2 Å². The van der Waals surface area contributed by atoms with Gasteiger partial charge >= 0.3 is 0 Å². The summed E-state index contributed by atoms with van der Waals surface area (Å²) in [5, 5.41) is 0. The number of carbonyl (C=O) groups excluding carboxylic acids is 1. The van der Waals surface area contributed by atoms with Crippen molar-refractivity contribution in [1.82, 2.24) is 18.4 Å². The number of benzene rings is 1. The molecule has 0 aliphatic carbocycles. The fourth-order valence-electron chi connectivity index (χ4n) is 3.57. The van der Waals surface area contributed by atoms with Crippen LogP contribution in [0.3, 0.4) is 0 Å². The van der Waals surface area contributed by atoms with Crippen LogP contribution < -0.4 is 0 Å². The fraction of sp³-hybridized carbons (Fsp3) is 0.611. The summed E-state index contributed by atoms with van der Waals surface area (Å²) in [6.45, 7) is 4.43. The fourth-order valence-corrected chi connectivity index (χ4v) is 6.08. The Kier molecular flexibility index (Phi) is 7.13. The first-order chi connectivity index (χ1) is 14.1. The second kappa shape index (κ2) is 9.27. The summed E-state index contributed by atoms with van der Waals surface area (Å²) in [7, 11) is -6.93. The predicted molar refractivity (Wildman–Crippen MR) is 109 cm³/mol. The molecule has 0 N–H and O–H groups in total. The van der Waals surface area contributed by atoms with Gasteiger partial charge in [0, 0.05) is 52.4 Å². The van der Waals surface area contributed by atoms with Crippen LogP contribution in [0.1, 0.15) is 6.92 Å². The van der Waals surface area contributed by atoms with Crippen LogP contribution in [0.2, 0.25) is 0 Å². The van der Waals surface area contributed by atoms with Crippen LogP contribution in [0.25, 0.3) is 0 Å². The Labute approximate surface area is 177 Å². The molecule has 12 heteroatoms. The van der Waals surface area contributed by atoms with E-state index in [1.807, 2.05) is 4.90 Å². The van der Waals surface area contributed by atoms with Gasteiger partial charge in [0.25, 0.3) is 0 Å². The molecule has 0 radical (unpaired) electrons. The Morgan fingerprint density at radius 2 is 1.40 bits per heavy atom. The number of nitrogens with zero attached hydrogens (tertiary/aromatic N) is 4. The molecule has 2 heterocycles. The molecule has 1 amide bonds. The third-order valence-electron chi connectivity index (χ3n) is 5.49. The summed E-state index contributed by atoms with van der Waals surface area (Å²) in [4.78, 5) is 16.2. The summed E-state index contributed by atoms with van der Waals surface area (Å²) in [6.07, 6.45) is 0. The monoisotopic (exact) mass is 462 g/mol. The minimum atomic E-state index is -3.72. The van der Waals surface area contributed by atoms with Gasteiger partial charge in [-0.1, -0.05) is 0 Å². The zero-order valence-corrected chi connectivity index (χ0v) is 18.5. The van der Waals surface area contributed by atoms with Gasteiger partial charge in [0.15, 0.2) is 0 Å². The van der Waals surface area contributed by atoms with Crippen molar-refractivity contribution in [2.24, 2.45) is 0 Å². The van der Waals surface area contributed by atoms with Gasteiger partial charge in [0.05, 0.1) is 17.2 Å². The number of carbonyl (C=O) groups is 1. The molecule has 0 bridgehead atoms. The molecule has 0 unspecified atom stereocenters. The second-order valence-electron chi connectivity index (χ2n) is 7.31. The van der Waals surface area contributed by atoms with E-state index in [9.17, 15) is 26.0 Å². The lowest BCUT2D eigenvalue weighted by Crippen LogP contribution is -2.55. The summed E-state index contributed by atoms with van der Waals surface area (Å²) in [5.41, 5.74) is 0. The van der Waals surface area contributed by atoms with Crippen molar-refractivity contribution >= 4 is 26.0 Å². The first-order valence-corrected chi connectivity index (χ1v) is 12.9. The number of halogens is 1. The quantitative estimate of drug-likeness (QED) is 0.572. The average Bonchev–Trinajstić information content (AvgIpc) is 2.74. The summed E-state index contributed by atoms with van der Waals surface area (Å²) in [5.74, 6) is -0.532. The molecule has 1 aromatic rings. The lowest BCUT2D eigenvalue weighted by molar-refractivity contribution is -0.133. The van der Waals surface area contributed by atoms with Crippen molar-refractivity contribution in [2.75, 3.05) is 64.7 Å². The van der Waals surface area contributed by atoms with Crippen molar-refractivity contribution < 1.29 is 26.0 Å². The van der Waals surface area contributed by atoms with Crippen LogP contribution in [-0.2, 0) is 24.8 Å². The number of hydrogen-bond donors (Lipinski definition) is 0. The van der Waals surface area contributed by atoms with Gasteiger partial charge in [0.2, 0.25) is 26.0 Å². The summed E-state index contributed by atoms with van der Waals surface area (Å²) >= 11 is 0. The third-order valence-corrected chi connectivity index (χ3v) is 9.29. The van der Waals surface area contributed by atoms with Crippen LogP contribution in [0.15, 0.2) is 29.2 Å². The van der Waals surface area contributed by atoms with Gasteiger partial charge in [0.1, 0.15) is 5.82 Å². The highest BCUT2D eigenvalue weighted by molar-refractivity contribution is 7.89. The minimum absolute atomic E-state index is 0.0311. The van der Waals surface area contributed by atoms with E-state index in [4.69, 9.17) is 0 Å². The van der Waals surface area contributed by atoms with Crippen LogP contribution in [0.5, 0.6) is 0 Å². The molecule has 2 aliphatic rings. The molecule has 2 aliphatic heterocycles. The molecule has 0 aromatic heterocycles. The first kappa shape index (κ1) is 23.1. The number of rotatable bonds is 6. The minimum Gasteiger partial charge on any atom is -0.339 e. The van der Waals surface area contributed by atoms with E-state index in [1.54, 1.807) is 11.8 Å². The van der Waals surface area contributed by atoms with Gasteiger partial charge in [-0.3, -0.25) is 9.69 Å². The van der Waals surface area contributed by atoms with Crippen LogP contribution in [0, 0.1) is 5.82 Å². The molecular formula is C18H27FN4O5S2. The molecule has 2 fully saturated rings. The van der Waals surface area contributed by atoms with E-state index in [0.29, 0.717) is 26.2 Å². The first-order valence-electron chi connectivity index (χ1n) is 9.87. The molecule has 2 saturated heterocycles. The van der Waals surface area contributed by atoms with Gasteiger partial charge in [-0.2, -0.15) is 8.61 Å². The Morgan fingerprint density at radius 3 is 1.93 bits per heavy atom. The molecule has 0 spiro atoms. The van der Waals surface area contributed by atoms with E-state index in [2.05, 4.69) is 0 Å². The lowest BCUT2D eigenvalue weighted by atomic mass is 10.3. The van der Waals surface area contributed by atoms with E-state index in [0.717, 1.165) is 12.1 Å². The number of sulfonamides is 2. The van der Waals surface area contributed by atoms with E-state index in [-0.39, 0.29) is 49.3 Å². The lowest BCUT2D eigenvalue weighted by Gasteiger charge is -2.37. The largest absolute Gasteiger partial charge is 0.339 e. The van der Waals surface area contributed by atoms with Crippen LogP contribution in [-0.4, -0.2) is 106 Å². The van der Waals surface area contributed by atoms with Crippen molar-refractivity contribution in [3.8, 4) is 0 Å². The van der Waals surface area contributed by atoms with Gasteiger partial charge in [-0.25, -0.2) is 21.2 Å². The molecular weight excluding hydrogens is 435 g/mol. The molecule has 1 aromatic carbocycles. The SMILES string of the molecule is CCS(=O)(=O)N1CCN(CC(=O)N2CCN(S(=O)(=O)c3ccc(F)cc3)CC2)CC1. The van der Waals surface area contributed by atoms with Crippen LogP contribution in [0.4, 0.5) is 4.39 Å². The third kappa shape index (κ3) is 5.17. The Balaban J connectivity index is 1.49. The zero-order valence-electron chi connectivity index (χ0n) is 16.9. The average molecular weight is 463 g/mol. The topological polar surface area (TPSA) is 98.3 Å². The highest BCUT2D eigenvalue weighted by atomic mass is 32.2. The normalized spacial score (nSPS) is 20.4. The highest BCUT2D eigenvalue weighted by Crippen LogP contribution is 2.18. The number of amides is 1. The maximum Gasteiger partial charge on any atom is 0.243 e. The molecule has 0 saturated carbocycles. The predicted octanol–water partition coefficient (Wildman–Crippen LogP) is -0.374. The van der Waals surface area contributed by atoms with Crippen LogP contribution >= 0.6 is 0 Å². The number of hydrogen-bond acceptors (Lipinski definition) is 6. The molecule has 30 heavy (non-hydrogen) atoms. The molecule has 0 atom stereocenters. The maximum absolute atomic E-state index is 13.1. The summed E-state index contributed by atoms with van der Waals surface area (Å²) < 4.78 is 65.0. The van der Waals surface area contributed by atoms with Crippen molar-refractivity contribution in [3.05, 3.63) is 30.1 Å². The smallest absolute Gasteiger partial charge is 0.243 e. The standard InChI is InChI=1S/C18H27FN4O5S2/c1-2-29(25,26)22-11-7-20(8-12-22)15-18(24)21-9-13-23(14-10-21)30(27,28)17-5-3-16(19)4-6-17/h3-6H,2,7-15H2,1H3. The van der Waals surface area contributed by atoms with E-state index < -0.39 is 25.9 Å². The Morgan fingerprint density at radius 1 is 0.867 bits per heavy atom. The summed E-state index contributed by atoms with van der Waals surface area (Å²) in [6, 6.07) is 4.69. The van der Waals surface area contributed by atoms with Gasteiger partial charge in [-0.15, -0.1) is 0 Å². The molecule has 168 valence electrons. The Bertz CT molecular complexity index is 953. The van der Waals surface area contributed by atoms with Crippen molar-refractivity contribution in [2.45, 2.75) is 11.8 Å². The van der Waals surface area contributed by atoms with Gasteiger partial charge < -0.3 is 4.90 Å².